The molecule has 3 saturated heterocycles. The Labute approximate surface area is 329 Å². The average molecular weight is 788 g/mol. The maximum atomic E-state index is 14.2. The number of aliphatic hydroxyl groups excluding tert-OH is 2. The zero-order chi connectivity index (χ0) is 42.0. The van der Waals surface area contributed by atoms with Crippen LogP contribution in [-0.4, -0.2) is 143 Å². The van der Waals surface area contributed by atoms with Crippen LogP contribution in [0, 0.1) is 23.7 Å². The van der Waals surface area contributed by atoms with Gasteiger partial charge in [0.2, 0.25) is 0 Å². The molecule has 0 radical (unpaired) electrons. The number of hydrogen-bond acceptors (Lipinski definition) is 14. The molecule has 3 aliphatic rings. The highest BCUT2D eigenvalue weighted by molar-refractivity contribution is 5.83. The molecule has 0 aliphatic carbocycles. The Morgan fingerprint density at radius 1 is 0.909 bits per heavy atom. The molecule has 18 atom stereocenters. The van der Waals surface area contributed by atoms with Gasteiger partial charge in [0.1, 0.15) is 23.6 Å². The molecule has 3 heterocycles. The highest BCUT2D eigenvalue weighted by atomic mass is 16.7. The summed E-state index contributed by atoms with van der Waals surface area (Å²) >= 11 is 0. The van der Waals surface area contributed by atoms with E-state index < -0.39 is 108 Å². The van der Waals surface area contributed by atoms with Gasteiger partial charge in [-0.2, -0.15) is 0 Å². The van der Waals surface area contributed by atoms with Crippen molar-refractivity contribution < 1.29 is 63.2 Å². The number of allylic oxidation sites excluding steroid dienone is 1. The molecule has 320 valence electrons. The first kappa shape index (κ1) is 47.7. The summed E-state index contributed by atoms with van der Waals surface area (Å²) in [5, 5.41) is 46.7. The molecule has 0 spiro atoms. The number of carbonyl (C=O) groups excluding carboxylic acids is 2. The highest BCUT2D eigenvalue weighted by Crippen LogP contribution is 2.41. The van der Waals surface area contributed by atoms with Crippen LogP contribution < -0.4 is 0 Å². The second-order valence-corrected chi connectivity index (χ2v) is 17.5. The summed E-state index contributed by atoms with van der Waals surface area (Å²) in [4.78, 5) is 30.2. The van der Waals surface area contributed by atoms with E-state index in [4.69, 9.17) is 33.2 Å². The molecule has 0 bridgehead atoms. The quantitative estimate of drug-likeness (QED) is 0.186. The van der Waals surface area contributed by atoms with Gasteiger partial charge in [-0.3, -0.25) is 9.59 Å². The molecule has 3 fully saturated rings. The van der Waals surface area contributed by atoms with Gasteiger partial charge in [0.15, 0.2) is 18.7 Å². The first-order chi connectivity index (χ1) is 25.4. The molecular formula is C41H73NO13. The van der Waals surface area contributed by atoms with Gasteiger partial charge in [-0.25, -0.2) is 0 Å². The summed E-state index contributed by atoms with van der Waals surface area (Å²) in [5.74, 6) is -4.35. The Balaban J connectivity index is 2.24. The minimum Gasteiger partial charge on any atom is -0.488 e. The molecule has 55 heavy (non-hydrogen) atoms. The lowest BCUT2D eigenvalue weighted by molar-refractivity contribution is -0.319. The number of nitrogens with zero attached hydrogens (tertiary/aromatic N) is 1. The SMILES string of the molecule is C=C(CC)O[C@H]1[C@H](O[C@@H]2[C@@H](C)C(O[C@H]3C[C@@](C)(OC)[C@@H](O)[C@H](C)O3)[C@@H](C)C(=O)O[C@H](CC)[C@@](C)(O)[C@H](O)[C@@H](C)C(=O)[C@H](C)C[C@@]2(C)O)O[C@H](C)C[C@@H]1N(C)C. The largest absolute Gasteiger partial charge is 0.488 e. The van der Waals surface area contributed by atoms with Crippen molar-refractivity contribution in [3.63, 3.8) is 0 Å². The fourth-order valence-electron chi connectivity index (χ4n) is 8.80. The first-order valence-electron chi connectivity index (χ1n) is 20.1. The predicted octanol–water partition coefficient (Wildman–Crippen LogP) is 3.73. The molecule has 0 aromatic carbocycles. The number of ether oxygens (including phenoxy) is 7. The smallest absolute Gasteiger partial charge is 0.311 e. The standard InChI is InChI=1S/C41H73NO13/c1-16-22(4)50-33-28(42(13)14)18-23(5)51-38(33)55-36-25(7)32(54-30-20-40(11,49-15)35(45)27(9)52-30)26(8)37(46)53-29(17-2)41(12,48)34(44)24(6)31(43)21(3)19-39(36,10)47/h21,23-30,32-36,38,44-45,47-48H,4,16-20H2,1-3,5-15H3/t21-,23-,24+,25+,26-,27+,28+,29-,30+,32?,33-,34-,35+,36-,38+,39-,40-,41-/m1/s1. The van der Waals surface area contributed by atoms with Crippen molar-refractivity contribution in [1.82, 2.24) is 4.90 Å². The monoisotopic (exact) mass is 788 g/mol. The van der Waals surface area contributed by atoms with E-state index >= 15 is 0 Å². The van der Waals surface area contributed by atoms with E-state index in [1.165, 1.54) is 21.0 Å². The van der Waals surface area contributed by atoms with Gasteiger partial charge in [0, 0.05) is 37.7 Å². The van der Waals surface area contributed by atoms with E-state index in [1.54, 1.807) is 48.5 Å². The van der Waals surface area contributed by atoms with Crippen LogP contribution in [0.25, 0.3) is 0 Å². The van der Waals surface area contributed by atoms with Crippen molar-refractivity contribution in [3.05, 3.63) is 12.3 Å². The lowest BCUT2D eigenvalue weighted by Gasteiger charge is -2.49. The Morgan fingerprint density at radius 3 is 2.07 bits per heavy atom. The number of hydrogen-bond donors (Lipinski definition) is 4. The van der Waals surface area contributed by atoms with Gasteiger partial charge in [-0.15, -0.1) is 0 Å². The Morgan fingerprint density at radius 2 is 1.53 bits per heavy atom. The number of cyclic esters (lactones) is 1. The normalized spacial score (nSPS) is 46.9. The van der Waals surface area contributed by atoms with Crippen molar-refractivity contribution in [2.45, 2.75) is 193 Å². The molecule has 0 aromatic rings. The number of rotatable bonds is 10. The number of carbonyl (C=O) groups is 2. The van der Waals surface area contributed by atoms with E-state index in [0.29, 0.717) is 18.6 Å². The van der Waals surface area contributed by atoms with Gasteiger partial charge < -0.3 is 58.5 Å². The van der Waals surface area contributed by atoms with Gasteiger partial charge in [0.05, 0.1) is 59.4 Å². The molecule has 0 amide bonds. The zero-order valence-corrected chi connectivity index (χ0v) is 35.8. The van der Waals surface area contributed by atoms with Gasteiger partial charge in [-0.05, 0) is 74.9 Å². The van der Waals surface area contributed by atoms with Crippen molar-refractivity contribution in [2.24, 2.45) is 23.7 Å². The van der Waals surface area contributed by atoms with Crippen molar-refractivity contribution in [2.75, 3.05) is 21.2 Å². The van der Waals surface area contributed by atoms with Crippen LogP contribution >= 0.6 is 0 Å². The molecule has 1 unspecified atom stereocenters. The van der Waals surface area contributed by atoms with Gasteiger partial charge in [0.25, 0.3) is 0 Å². The highest BCUT2D eigenvalue weighted by Gasteiger charge is 2.54. The molecule has 4 N–H and O–H groups in total. The van der Waals surface area contributed by atoms with Gasteiger partial charge in [-0.1, -0.05) is 41.2 Å². The summed E-state index contributed by atoms with van der Waals surface area (Å²) in [6.07, 6.45) is -8.28. The maximum absolute atomic E-state index is 14.2. The molecule has 3 rings (SSSR count). The second kappa shape index (κ2) is 18.9. The number of methoxy groups -OCH3 is 1. The summed E-state index contributed by atoms with van der Waals surface area (Å²) < 4.78 is 44.4. The van der Waals surface area contributed by atoms with Gasteiger partial charge >= 0.3 is 5.97 Å². The topological polar surface area (TPSA) is 183 Å². The van der Waals surface area contributed by atoms with Crippen LogP contribution in [0.5, 0.6) is 0 Å². The average Bonchev–Trinajstić information content (AvgIpc) is 3.11. The summed E-state index contributed by atoms with van der Waals surface area (Å²) in [6.45, 7) is 22.7. The Hall–Kier alpha value is -1.72. The minimum atomic E-state index is -1.99. The molecular weight excluding hydrogens is 714 g/mol. The molecule has 0 saturated carbocycles. The molecule has 14 heteroatoms. The Kier molecular flexibility index (Phi) is 16.4. The van der Waals surface area contributed by atoms with E-state index in [-0.39, 0.29) is 31.4 Å². The molecule has 0 aromatic heterocycles. The number of likely N-dealkylation sites (N-methyl/N-ethyl adjacent to an activating group) is 1. The lowest BCUT2D eigenvalue weighted by Crippen LogP contribution is -2.61. The van der Waals surface area contributed by atoms with Crippen LogP contribution in [0.15, 0.2) is 12.3 Å². The van der Waals surface area contributed by atoms with E-state index in [9.17, 15) is 30.0 Å². The number of Topliss-reactive ketones (excluding diaryl/α,β-unsaturated/α-hetero) is 1. The van der Waals surface area contributed by atoms with Crippen LogP contribution in [0.3, 0.4) is 0 Å². The van der Waals surface area contributed by atoms with Crippen molar-refractivity contribution >= 4 is 11.8 Å². The predicted molar refractivity (Wildman–Crippen MR) is 205 cm³/mol. The van der Waals surface area contributed by atoms with Crippen LogP contribution in [-0.2, 0) is 42.7 Å². The van der Waals surface area contributed by atoms with E-state index in [2.05, 4.69) is 6.58 Å². The second-order valence-electron chi connectivity index (χ2n) is 17.5. The maximum Gasteiger partial charge on any atom is 0.311 e. The summed E-state index contributed by atoms with van der Waals surface area (Å²) in [6, 6.07) is -0.159. The Bertz CT molecular complexity index is 1290. The third-order valence-corrected chi connectivity index (χ3v) is 12.5. The van der Waals surface area contributed by atoms with Crippen LogP contribution in [0.4, 0.5) is 0 Å². The van der Waals surface area contributed by atoms with Crippen molar-refractivity contribution in [3.8, 4) is 0 Å². The fraction of sp³-hybridized carbons (Fsp3) is 0.902. The zero-order valence-electron chi connectivity index (χ0n) is 35.8. The van der Waals surface area contributed by atoms with Crippen LogP contribution in [0.2, 0.25) is 0 Å². The minimum absolute atomic E-state index is 0.104. The van der Waals surface area contributed by atoms with Crippen molar-refractivity contribution in [1.29, 1.82) is 0 Å². The number of esters is 1. The summed E-state index contributed by atoms with van der Waals surface area (Å²) in [7, 11) is 5.39. The number of aliphatic hydroxyl groups is 4. The number of ketones is 1. The van der Waals surface area contributed by atoms with E-state index in [1.807, 2.05) is 32.8 Å². The molecule has 3 aliphatic heterocycles. The third kappa shape index (κ3) is 10.7. The first-order valence-corrected chi connectivity index (χ1v) is 20.1. The molecule has 14 nitrogen and oxygen atoms in total. The summed E-state index contributed by atoms with van der Waals surface area (Å²) in [5.41, 5.74) is -4.82. The lowest BCUT2D eigenvalue weighted by atomic mass is 9.74. The fourth-order valence-corrected chi connectivity index (χ4v) is 8.80. The van der Waals surface area contributed by atoms with E-state index in [0.717, 1.165) is 0 Å². The third-order valence-electron chi connectivity index (χ3n) is 12.5. The van der Waals surface area contributed by atoms with Crippen LogP contribution in [0.1, 0.15) is 108 Å².